The average molecular weight is 278 g/mol. The maximum absolute atomic E-state index is 5.25. The van der Waals surface area contributed by atoms with E-state index in [0.717, 1.165) is 25.3 Å². The number of hydrogen-bond acceptors (Lipinski definition) is 3. The van der Waals surface area contributed by atoms with Gasteiger partial charge in [-0.25, -0.2) is 0 Å². The maximum Gasteiger partial charge on any atom is 0.118 e. The normalized spacial score (nSPS) is 14.3. The molecule has 1 aromatic carbocycles. The van der Waals surface area contributed by atoms with Crippen molar-refractivity contribution in [2.75, 3.05) is 27.2 Å². The van der Waals surface area contributed by atoms with Gasteiger partial charge in [0.25, 0.3) is 0 Å². The largest absolute Gasteiger partial charge is 0.497 e. The highest BCUT2D eigenvalue weighted by atomic mass is 16.5. The SMILES string of the molecule is CCCNC(c1ccc(OC)cc1)C(C)N(C)CCC. The van der Waals surface area contributed by atoms with Gasteiger partial charge in [0.05, 0.1) is 7.11 Å². The van der Waals surface area contributed by atoms with Crippen molar-refractivity contribution in [2.45, 2.75) is 45.7 Å². The van der Waals surface area contributed by atoms with Crippen molar-refractivity contribution in [3.05, 3.63) is 29.8 Å². The molecule has 2 atom stereocenters. The second kappa shape index (κ2) is 8.98. The molecule has 1 aromatic rings. The molecule has 20 heavy (non-hydrogen) atoms. The second-order valence-electron chi connectivity index (χ2n) is 5.43. The summed E-state index contributed by atoms with van der Waals surface area (Å²) in [6.45, 7) is 8.90. The molecule has 3 heteroatoms. The fraction of sp³-hybridized carbons (Fsp3) is 0.647. The predicted molar refractivity (Wildman–Crippen MR) is 86.4 cm³/mol. The lowest BCUT2D eigenvalue weighted by Crippen LogP contribution is -2.41. The van der Waals surface area contributed by atoms with Gasteiger partial charge in [-0.05, 0) is 57.6 Å². The summed E-state index contributed by atoms with van der Waals surface area (Å²) < 4.78 is 5.25. The van der Waals surface area contributed by atoms with Crippen molar-refractivity contribution < 1.29 is 4.74 Å². The topological polar surface area (TPSA) is 24.5 Å². The highest BCUT2D eigenvalue weighted by Crippen LogP contribution is 2.23. The van der Waals surface area contributed by atoms with Gasteiger partial charge >= 0.3 is 0 Å². The molecule has 0 aromatic heterocycles. The minimum atomic E-state index is 0.359. The molecular formula is C17H30N2O. The molecule has 0 heterocycles. The Hall–Kier alpha value is -1.06. The quantitative estimate of drug-likeness (QED) is 0.748. The zero-order chi connectivity index (χ0) is 15.0. The van der Waals surface area contributed by atoms with E-state index in [-0.39, 0.29) is 0 Å². The lowest BCUT2D eigenvalue weighted by Gasteiger charge is -2.33. The van der Waals surface area contributed by atoms with Crippen molar-refractivity contribution in [3.63, 3.8) is 0 Å². The van der Waals surface area contributed by atoms with E-state index >= 15 is 0 Å². The first-order valence-corrected chi connectivity index (χ1v) is 7.71. The van der Waals surface area contributed by atoms with Crippen molar-refractivity contribution in [3.8, 4) is 5.75 Å². The van der Waals surface area contributed by atoms with Gasteiger partial charge < -0.3 is 15.0 Å². The fourth-order valence-electron chi connectivity index (χ4n) is 2.49. The second-order valence-corrected chi connectivity index (χ2v) is 5.43. The third-order valence-corrected chi connectivity index (χ3v) is 3.84. The number of nitrogens with zero attached hydrogens (tertiary/aromatic N) is 1. The molecule has 114 valence electrons. The molecule has 0 aliphatic heterocycles. The first-order chi connectivity index (χ1) is 9.63. The summed E-state index contributed by atoms with van der Waals surface area (Å²) >= 11 is 0. The molecule has 1 N–H and O–H groups in total. The van der Waals surface area contributed by atoms with Gasteiger partial charge in [0.2, 0.25) is 0 Å². The van der Waals surface area contributed by atoms with Crippen molar-refractivity contribution in [2.24, 2.45) is 0 Å². The Labute approximate surface area is 124 Å². The van der Waals surface area contributed by atoms with Crippen LogP contribution in [0.2, 0.25) is 0 Å². The van der Waals surface area contributed by atoms with E-state index in [1.54, 1.807) is 7.11 Å². The highest BCUT2D eigenvalue weighted by molar-refractivity contribution is 5.29. The molecule has 0 radical (unpaired) electrons. The van der Waals surface area contributed by atoms with Crippen molar-refractivity contribution in [1.82, 2.24) is 10.2 Å². The number of nitrogens with one attached hydrogen (secondary N) is 1. The molecule has 0 aliphatic carbocycles. The van der Waals surface area contributed by atoms with E-state index < -0.39 is 0 Å². The van der Waals surface area contributed by atoms with E-state index in [2.05, 4.69) is 50.2 Å². The zero-order valence-corrected chi connectivity index (χ0v) is 13.6. The highest BCUT2D eigenvalue weighted by Gasteiger charge is 2.21. The van der Waals surface area contributed by atoms with E-state index in [4.69, 9.17) is 4.74 Å². The van der Waals surface area contributed by atoms with Crippen LogP contribution in [0, 0.1) is 0 Å². The molecule has 0 saturated heterocycles. The summed E-state index contributed by atoms with van der Waals surface area (Å²) in [5, 5.41) is 3.68. The van der Waals surface area contributed by atoms with E-state index in [1.807, 2.05) is 12.1 Å². The molecule has 3 nitrogen and oxygen atoms in total. The molecule has 0 aliphatic rings. The smallest absolute Gasteiger partial charge is 0.118 e. The fourth-order valence-corrected chi connectivity index (χ4v) is 2.49. The van der Waals surface area contributed by atoms with Crippen LogP contribution in [0.15, 0.2) is 24.3 Å². The summed E-state index contributed by atoms with van der Waals surface area (Å²) in [6, 6.07) is 9.25. The first kappa shape index (κ1) is 17.0. The number of benzene rings is 1. The minimum Gasteiger partial charge on any atom is -0.497 e. The average Bonchev–Trinajstić information content (AvgIpc) is 2.48. The monoisotopic (exact) mass is 278 g/mol. The van der Waals surface area contributed by atoms with Gasteiger partial charge in [-0.3, -0.25) is 0 Å². The zero-order valence-electron chi connectivity index (χ0n) is 13.6. The summed E-state index contributed by atoms with van der Waals surface area (Å²) in [6.07, 6.45) is 2.33. The summed E-state index contributed by atoms with van der Waals surface area (Å²) in [5.74, 6) is 0.914. The molecule has 0 amide bonds. The van der Waals surface area contributed by atoms with Gasteiger partial charge in [0.1, 0.15) is 5.75 Å². The lowest BCUT2D eigenvalue weighted by molar-refractivity contribution is 0.207. The summed E-state index contributed by atoms with van der Waals surface area (Å²) in [4.78, 5) is 2.43. The van der Waals surface area contributed by atoms with Crippen LogP contribution in [0.4, 0.5) is 0 Å². The van der Waals surface area contributed by atoms with E-state index in [0.29, 0.717) is 12.1 Å². The van der Waals surface area contributed by atoms with Crippen molar-refractivity contribution in [1.29, 1.82) is 0 Å². The molecule has 0 saturated carbocycles. The molecule has 0 fully saturated rings. The molecule has 2 unspecified atom stereocenters. The number of rotatable bonds is 9. The predicted octanol–water partition coefficient (Wildman–Crippen LogP) is 3.47. The summed E-state index contributed by atoms with van der Waals surface area (Å²) in [7, 11) is 3.91. The van der Waals surface area contributed by atoms with Gasteiger partial charge in [-0.1, -0.05) is 26.0 Å². The minimum absolute atomic E-state index is 0.359. The van der Waals surface area contributed by atoms with Gasteiger partial charge in [0, 0.05) is 12.1 Å². The summed E-state index contributed by atoms with van der Waals surface area (Å²) in [5.41, 5.74) is 1.33. The van der Waals surface area contributed by atoms with Crippen LogP contribution in [0.3, 0.4) is 0 Å². The first-order valence-electron chi connectivity index (χ1n) is 7.71. The number of likely N-dealkylation sites (N-methyl/N-ethyl adjacent to an activating group) is 1. The molecular weight excluding hydrogens is 248 g/mol. The Morgan fingerprint density at radius 2 is 1.80 bits per heavy atom. The number of ether oxygens (including phenoxy) is 1. The number of hydrogen-bond donors (Lipinski definition) is 1. The third kappa shape index (κ3) is 4.80. The van der Waals surface area contributed by atoms with Gasteiger partial charge in [-0.15, -0.1) is 0 Å². The maximum atomic E-state index is 5.25. The van der Waals surface area contributed by atoms with Crippen LogP contribution in [0.25, 0.3) is 0 Å². The van der Waals surface area contributed by atoms with Crippen LogP contribution >= 0.6 is 0 Å². The van der Waals surface area contributed by atoms with E-state index in [1.165, 1.54) is 12.0 Å². The van der Waals surface area contributed by atoms with Crippen LogP contribution in [-0.2, 0) is 0 Å². The molecule has 1 rings (SSSR count). The Morgan fingerprint density at radius 3 is 2.30 bits per heavy atom. The Balaban J connectivity index is 2.85. The lowest BCUT2D eigenvalue weighted by atomic mass is 9.99. The Kier molecular flexibility index (Phi) is 7.63. The Bertz CT molecular complexity index is 364. The van der Waals surface area contributed by atoms with Crippen LogP contribution < -0.4 is 10.1 Å². The third-order valence-electron chi connectivity index (χ3n) is 3.84. The van der Waals surface area contributed by atoms with Crippen LogP contribution in [0.1, 0.15) is 45.2 Å². The van der Waals surface area contributed by atoms with Crippen LogP contribution in [-0.4, -0.2) is 38.2 Å². The molecule has 0 bridgehead atoms. The van der Waals surface area contributed by atoms with Gasteiger partial charge in [0.15, 0.2) is 0 Å². The van der Waals surface area contributed by atoms with Gasteiger partial charge in [-0.2, -0.15) is 0 Å². The van der Waals surface area contributed by atoms with E-state index in [9.17, 15) is 0 Å². The number of methoxy groups -OCH3 is 1. The Morgan fingerprint density at radius 1 is 1.15 bits per heavy atom. The standard InChI is InChI=1S/C17H30N2O/c1-6-12-18-17(14(3)19(4)13-7-2)15-8-10-16(20-5)11-9-15/h8-11,14,17-18H,6-7,12-13H2,1-5H3. The van der Waals surface area contributed by atoms with Crippen LogP contribution in [0.5, 0.6) is 5.75 Å². The molecule has 0 spiro atoms. The van der Waals surface area contributed by atoms with Crippen molar-refractivity contribution >= 4 is 0 Å².